The second kappa shape index (κ2) is 3.69. The number of nitrogens with two attached hydrogens (primary N) is 1. The summed E-state index contributed by atoms with van der Waals surface area (Å²) in [4.78, 5) is 11.2. The lowest BCUT2D eigenvalue weighted by Crippen LogP contribution is -2.20. The Bertz CT molecular complexity index is 333. The Hall–Kier alpha value is -1.52. The predicted molar refractivity (Wildman–Crippen MR) is 52.4 cm³/mol. The first-order chi connectivity index (χ1) is 6.75. The van der Waals surface area contributed by atoms with Gasteiger partial charge < -0.3 is 11.1 Å². The molecule has 1 aromatic rings. The molecule has 1 saturated heterocycles. The molecule has 3 N–H and O–H groups in total. The Labute approximate surface area is 82.3 Å². The van der Waals surface area contributed by atoms with Crippen molar-refractivity contribution in [1.82, 2.24) is 15.1 Å². The van der Waals surface area contributed by atoms with Crippen molar-refractivity contribution in [1.29, 1.82) is 0 Å². The molecule has 0 aromatic carbocycles. The van der Waals surface area contributed by atoms with Gasteiger partial charge in [0.05, 0.1) is 0 Å². The van der Waals surface area contributed by atoms with Crippen molar-refractivity contribution in [2.45, 2.75) is 19.4 Å². The first kappa shape index (κ1) is 9.05. The Morgan fingerprint density at radius 2 is 2.57 bits per heavy atom. The van der Waals surface area contributed by atoms with E-state index < -0.39 is 0 Å². The number of carbonyl (C=O) groups excluding carboxylic acids is 1. The number of aryl methyl sites for hydroxylation is 1. The zero-order chi connectivity index (χ0) is 9.97. The van der Waals surface area contributed by atoms with Gasteiger partial charge in [0.2, 0.25) is 5.91 Å². The molecule has 1 aliphatic rings. The standard InChI is InChI=1S/C9H14N4O/c10-8-3-6-13(12-8)5-2-7-1-4-11-9(7)14/h3,6-7H,1-2,4-5H2,(H2,10,12)(H,11,14). The highest BCUT2D eigenvalue weighted by Crippen LogP contribution is 2.14. The fraction of sp³-hybridized carbons (Fsp3) is 0.556. The van der Waals surface area contributed by atoms with Crippen molar-refractivity contribution < 1.29 is 4.79 Å². The van der Waals surface area contributed by atoms with E-state index in [2.05, 4.69) is 10.4 Å². The van der Waals surface area contributed by atoms with Crippen LogP contribution in [0.2, 0.25) is 0 Å². The minimum Gasteiger partial charge on any atom is -0.382 e. The molecule has 1 amide bonds. The summed E-state index contributed by atoms with van der Waals surface area (Å²) in [6, 6.07) is 1.76. The molecular formula is C9H14N4O. The van der Waals surface area contributed by atoms with Crippen molar-refractivity contribution in [3.05, 3.63) is 12.3 Å². The third kappa shape index (κ3) is 1.86. The molecule has 1 aromatic heterocycles. The van der Waals surface area contributed by atoms with Gasteiger partial charge in [-0.15, -0.1) is 0 Å². The normalized spacial score (nSPS) is 21.1. The largest absolute Gasteiger partial charge is 0.382 e. The number of nitrogens with zero attached hydrogens (tertiary/aromatic N) is 2. The summed E-state index contributed by atoms with van der Waals surface area (Å²) in [6.45, 7) is 1.57. The molecule has 0 saturated carbocycles. The van der Waals surface area contributed by atoms with Gasteiger partial charge in [0.25, 0.3) is 0 Å². The number of aromatic nitrogens is 2. The van der Waals surface area contributed by atoms with Crippen molar-refractivity contribution in [3.63, 3.8) is 0 Å². The van der Waals surface area contributed by atoms with Crippen LogP contribution in [0.15, 0.2) is 12.3 Å². The summed E-state index contributed by atoms with van der Waals surface area (Å²) >= 11 is 0. The van der Waals surface area contributed by atoms with E-state index in [0.29, 0.717) is 5.82 Å². The summed E-state index contributed by atoms with van der Waals surface area (Å²) in [6.07, 6.45) is 3.62. The van der Waals surface area contributed by atoms with Crippen LogP contribution in [-0.4, -0.2) is 22.2 Å². The first-order valence-corrected chi connectivity index (χ1v) is 4.82. The molecule has 2 rings (SSSR count). The van der Waals surface area contributed by atoms with E-state index in [0.717, 1.165) is 25.9 Å². The summed E-state index contributed by atoms with van der Waals surface area (Å²) in [7, 11) is 0. The van der Waals surface area contributed by atoms with Crippen LogP contribution in [0.3, 0.4) is 0 Å². The van der Waals surface area contributed by atoms with E-state index in [9.17, 15) is 4.79 Å². The first-order valence-electron chi connectivity index (χ1n) is 4.82. The topological polar surface area (TPSA) is 72.9 Å². The predicted octanol–water partition coefficient (Wildman–Crippen LogP) is -0.00850. The molecule has 0 aliphatic carbocycles. The van der Waals surface area contributed by atoms with Crippen LogP contribution < -0.4 is 11.1 Å². The minimum absolute atomic E-state index is 0.153. The van der Waals surface area contributed by atoms with Crippen molar-refractivity contribution in [3.8, 4) is 0 Å². The van der Waals surface area contributed by atoms with Crippen LogP contribution in [-0.2, 0) is 11.3 Å². The third-order valence-corrected chi connectivity index (χ3v) is 2.53. The SMILES string of the molecule is Nc1ccn(CCC2CCNC2=O)n1. The number of hydrogen-bond donors (Lipinski definition) is 2. The average molecular weight is 194 g/mol. The van der Waals surface area contributed by atoms with Gasteiger partial charge >= 0.3 is 0 Å². The maximum Gasteiger partial charge on any atom is 0.223 e. The zero-order valence-electron chi connectivity index (χ0n) is 7.94. The smallest absolute Gasteiger partial charge is 0.223 e. The van der Waals surface area contributed by atoms with Crippen LogP contribution in [0.4, 0.5) is 5.82 Å². The molecule has 1 unspecified atom stereocenters. The lowest BCUT2D eigenvalue weighted by atomic mass is 10.0. The molecule has 0 bridgehead atoms. The van der Waals surface area contributed by atoms with Gasteiger partial charge in [-0.1, -0.05) is 0 Å². The number of amides is 1. The molecule has 0 radical (unpaired) electrons. The number of nitrogens with one attached hydrogen (secondary N) is 1. The summed E-state index contributed by atoms with van der Waals surface area (Å²) in [5, 5.41) is 6.88. The average Bonchev–Trinajstić information content (AvgIpc) is 2.72. The number of nitrogen functional groups attached to an aromatic ring is 1. The summed E-state index contributed by atoms with van der Waals surface area (Å²) in [5.74, 6) is 0.853. The van der Waals surface area contributed by atoms with E-state index in [4.69, 9.17) is 5.73 Å². The fourth-order valence-electron chi connectivity index (χ4n) is 1.71. The molecular weight excluding hydrogens is 180 g/mol. The number of hydrogen-bond acceptors (Lipinski definition) is 3. The molecule has 76 valence electrons. The van der Waals surface area contributed by atoms with Gasteiger partial charge in [0.1, 0.15) is 5.82 Å². The van der Waals surface area contributed by atoms with E-state index in [1.54, 1.807) is 10.7 Å². The molecule has 5 nitrogen and oxygen atoms in total. The third-order valence-electron chi connectivity index (χ3n) is 2.53. The minimum atomic E-state index is 0.153. The highest BCUT2D eigenvalue weighted by molar-refractivity contribution is 5.80. The molecule has 2 heterocycles. The Morgan fingerprint density at radius 3 is 3.14 bits per heavy atom. The summed E-state index contributed by atoms with van der Waals surface area (Å²) in [5.41, 5.74) is 5.48. The van der Waals surface area contributed by atoms with Gasteiger partial charge in [-0.2, -0.15) is 5.10 Å². The van der Waals surface area contributed by atoms with Crippen LogP contribution in [0.25, 0.3) is 0 Å². The van der Waals surface area contributed by atoms with Crippen molar-refractivity contribution in [2.24, 2.45) is 5.92 Å². The number of rotatable bonds is 3. The second-order valence-electron chi connectivity index (χ2n) is 3.57. The molecule has 0 spiro atoms. The quantitative estimate of drug-likeness (QED) is 0.711. The monoisotopic (exact) mass is 194 g/mol. The fourth-order valence-corrected chi connectivity index (χ4v) is 1.71. The maximum absolute atomic E-state index is 11.2. The van der Waals surface area contributed by atoms with Gasteiger partial charge in [-0.3, -0.25) is 9.48 Å². The van der Waals surface area contributed by atoms with Crippen molar-refractivity contribution >= 4 is 11.7 Å². The van der Waals surface area contributed by atoms with Crippen LogP contribution in [0, 0.1) is 5.92 Å². The van der Waals surface area contributed by atoms with E-state index in [1.165, 1.54) is 0 Å². The molecule has 1 aliphatic heterocycles. The highest BCUT2D eigenvalue weighted by atomic mass is 16.2. The molecule has 14 heavy (non-hydrogen) atoms. The second-order valence-corrected chi connectivity index (χ2v) is 3.57. The summed E-state index contributed by atoms with van der Waals surface area (Å²) < 4.78 is 1.78. The highest BCUT2D eigenvalue weighted by Gasteiger charge is 2.23. The lowest BCUT2D eigenvalue weighted by molar-refractivity contribution is -0.122. The number of carbonyl (C=O) groups is 1. The molecule has 1 atom stereocenters. The van der Waals surface area contributed by atoms with Gasteiger partial charge in [0, 0.05) is 25.2 Å². The van der Waals surface area contributed by atoms with Crippen LogP contribution in [0.5, 0.6) is 0 Å². The van der Waals surface area contributed by atoms with E-state index in [1.807, 2.05) is 6.20 Å². The Kier molecular flexibility index (Phi) is 2.39. The van der Waals surface area contributed by atoms with E-state index in [-0.39, 0.29) is 11.8 Å². The Morgan fingerprint density at radius 1 is 1.71 bits per heavy atom. The maximum atomic E-state index is 11.2. The van der Waals surface area contributed by atoms with Gasteiger partial charge in [0.15, 0.2) is 0 Å². The van der Waals surface area contributed by atoms with E-state index >= 15 is 0 Å². The van der Waals surface area contributed by atoms with Gasteiger partial charge in [-0.05, 0) is 18.9 Å². The van der Waals surface area contributed by atoms with Crippen molar-refractivity contribution in [2.75, 3.05) is 12.3 Å². The lowest BCUT2D eigenvalue weighted by Gasteiger charge is -2.05. The van der Waals surface area contributed by atoms with Crippen LogP contribution >= 0.6 is 0 Å². The molecule has 1 fully saturated rings. The molecule has 5 heteroatoms. The van der Waals surface area contributed by atoms with Gasteiger partial charge in [-0.25, -0.2) is 0 Å². The zero-order valence-corrected chi connectivity index (χ0v) is 7.94. The number of anilines is 1. The van der Waals surface area contributed by atoms with Crippen LogP contribution in [0.1, 0.15) is 12.8 Å². The Balaban J connectivity index is 1.85.